The summed E-state index contributed by atoms with van der Waals surface area (Å²) in [7, 11) is 0. The van der Waals surface area contributed by atoms with Gasteiger partial charge in [0.2, 0.25) is 0 Å². The zero-order chi connectivity index (χ0) is 19.1. The molecule has 3 nitrogen and oxygen atoms in total. The molecule has 0 spiro atoms. The van der Waals surface area contributed by atoms with Crippen LogP contribution >= 0.6 is 0 Å². The van der Waals surface area contributed by atoms with Crippen molar-refractivity contribution in [1.29, 1.82) is 0 Å². The highest BCUT2D eigenvalue weighted by atomic mass is 16.5. The predicted octanol–water partition coefficient (Wildman–Crippen LogP) is 5.91. The van der Waals surface area contributed by atoms with Gasteiger partial charge in [0, 0.05) is 5.56 Å². The first-order valence-corrected chi connectivity index (χ1v) is 10.4. The SMILES string of the molecule is CCCOc1ccc(C(=O)C(CC)OC2CC(C)CCC2C(C)C)cc1. The van der Waals surface area contributed by atoms with Crippen LogP contribution in [0.3, 0.4) is 0 Å². The first-order valence-electron chi connectivity index (χ1n) is 10.4. The Morgan fingerprint density at radius 1 is 1.15 bits per heavy atom. The Labute approximate surface area is 159 Å². The highest BCUT2D eigenvalue weighted by molar-refractivity contribution is 5.99. The minimum atomic E-state index is -0.353. The van der Waals surface area contributed by atoms with Crippen molar-refractivity contribution in [2.75, 3.05) is 6.61 Å². The molecule has 0 N–H and O–H groups in total. The van der Waals surface area contributed by atoms with Crippen LogP contribution in [-0.4, -0.2) is 24.6 Å². The lowest BCUT2D eigenvalue weighted by atomic mass is 9.75. The summed E-state index contributed by atoms with van der Waals surface area (Å²) in [5, 5.41) is 0. The van der Waals surface area contributed by atoms with Gasteiger partial charge in [-0.05, 0) is 67.7 Å². The number of benzene rings is 1. The molecule has 4 atom stereocenters. The molecule has 0 aliphatic heterocycles. The summed E-state index contributed by atoms with van der Waals surface area (Å²) >= 11 is 0. The fourth-order valence-electron chi connectivity index (χ4n) is 3.95. The van der Waals surface area contributed by atoms with Crippen LogP contribution < -0.4 is 4.74 Å². The van der Waals surface area contributed by atoms with Crippen molar-refractivity contribution < 1.29 is 14.3 Å². The molecule has 0 saturated heterocycles. The largest absolute Gasteiger partial charge is 0.494 e. The van der Waals surface area contributed by atoms with E-state index in [2.05, 4.69) is 27.7 Å². The van der Waals surface area contributed by atoms with Crippen LogP contribution in [0.2, 0.25) is 0 Å². The van der Waals surface area contributed by atoms with Crippen molar-refractivity contribution in [2.45, 2.75) is 78.9 Å². The molecule has 0 amide bonds. The van der Waals surface area contributed by atoms with Gasteiger partial charge >= 0.3 is 0 Å². The lowest BCUT2D eigenvalue weighted by Crippen LogP contribution is -2.39. The topological polar surface area (TPSA) is 35.5 Å². The third kappa shape index (κ3) is 5.57. The molecule has 0 bridgehead atoms. The molecule has 1 fully saturated rings. The molecule has 1 aromatic rings. The van der Waals surface area contributed by atoms with E-state index < -0.39 is 0 Å². The number of ketones is 1. The number of hydrogen-bond acceptors (Lipinski definition) is 3. The van der Waals surface area contributed by atoms with Gasteiger partial charge in [0.05, 0.1) is 12.7 Å². The van der Waals surface area contributed by atoms with E-state index in [1.807, 2.05) is 31.2 Å². The van der Waals surface area contributed by atoms with E-state index in [1.165, 1.54) is 12.8 Å². The summed E-state index contributed by atoms with van der Waals surface area (Å²) in [4.78, 5) is 13.0. The third-order valence-electron chi connectivity index (χ3n) is 5.58. The van der Waals surface area contributed by atoms with Gasteiger partial charge in [0.1, 0.15) is 11.9 Å². The minimum Gasteiger partial charge on any atom is -0.494 e. The van der Waals surface area contributed by atoms with Gasteiger partial charge in [-0.1, -0.05) is 41.0 Å². The number of carbonyl (C=O) groups is 1. The van der Waals surface area contributed by atoms with E-state index in [-0.39, 0.29) is 18.0 Å². The van der Waals surface area contributed by atoms with E-state index in [4.69, 9.17) is 9.47 Å². The average molecular weight is 361 g/mol. The number of hydrogen-bond donors (Lipinski definition) is 0. The second kappa shape index (κ2) is 10.1. The first-order chi connectivity index (χ1) is 12.5. The maximum atomic E-state index is 13.0. The number of carbonyl (C=O) groups excluding carboxylic acids is 1. The van der Waals surface area contributed by atoms with Crippen molar-refractivity contribution in [3.63, 3.8) is 0 Å². The molecule has 0 radical (unpaired) electrons. The maximum absolute atomic E-state index is 13.0. The molecular weight excluding hydrogens is 324 g/mol. The number of Topliss-reactive ketones (excluding diaryl/α,β-unsaturated/α-hetero) is 1. The van der Waals surface area contributed by atoms with Crippen LogP contribution in [0.1, 0.15) is 77.1 Å². The van der Waals surface area contributed by atoms with Gasteiger partial charge in [-0.15, -0.1) is 0 Å². The normalized spacial score (nSPS) is 24.5. The molecule has 1 aromatic carbocycles. The Bertz CT molecular complexity index is 549. The van der Waals surface area contributed by atoms with Gasteiger partial charge in [-0.2, -0.15) is 0 Å². The zero-order valence-corrected chi connectivity index (χ0v) is 17.2. The van der Waals surface area contributed by atoms with Crippen LogP contribution in [0.15, 0.2) is 24.3 Å². The van der Waals surface area contributed by atoms with Crippen molar-refractivity contribution in [3.8, 4) is 5.75 Å². The quantitative estimate of drug-likeness (QED) is 0.513. The molecule has 2 rings (SSSR count). The van der Waals surface area contributed by atoms with Gasteiger partial charge in [-0.3, -0.25) is 4.79 Å². The van der Waals surface area contributed by atoms with E-state index in [0.717, 1.165) is 18.6 Å². The summed E-state index contributed by atoms with van der Waals surface area (Å²) in [6.07, 6.45) is 5.07. The molecule has 26 heavy (non-hydrogen) atoms. The molecular formula is C23H36O3. The molecule has 0 heterocycles. The summed E-state index contributed by atoms with van der Waals surface area (Å²) < 4.78 is 12.0. The number of ether oxygens (including phenoxy) is 2. The monoisotopic (exact) mass is 360 g/mol. The second-order valence-corrected chi connectivity index (χ2v) is 8.13. The van der Waals surface area contributed by atoms with Crippen LogP contribution in [0, 0.1) is 17.8 Å². The highest BCUT2D eigenvalue weighted by Crippen LogP contribution is 2.36. The minimum absolute atomic E-state index is 0.0928. The standard InChI is InChI=1S/C23H36O3/c1-6-14-25-19-11-9-18(10-12-19)23(24)21(7-2)26-22-15-17(5)8-13-20(22)16(3)4/h9-12,16-17,20-22H,6-8,13-15H2,1-5H3. The maximum Gasteiger partial charge on any atom is 0.191 e. The van der Waals surface area contributed by atoms with Crippen LogP contribution in [0.4, 0.5) is 0 Å². The zero-order valence-electron chi connectivity index (χ0n) is 17.2. The van der Waals surface area contributed by atoms with Crippen LogP contribution in [0.5, 0.6) is 5.75 Å². The Kier molecular flexibility index (Phi) is 8.15. The molecule has 3 heteroatoms. The van der Waals surface area contributed by atoms with Gasteiger partial charge < -0.3 is 9.47 Å². The first kappa shape index (κ1) is 21.0. The Morgan fingerprint density at radius 3 is 2.42 bits per heavy atom. The smallest absolute Gasteiger partial charge is 0.191 e. The molecule has 1 saturated carbocycles. The highest BCUT2D eigenvalue weighted by Gasteiger charge is 2.34. The Hall–Kier alpha value is -1.35. The fraction of sp³-hybridized carbons (Fsp3) is 0.696. The van der Waals surface area contributed by atoms with E-state index in [1.54, 1.807) is 0 Å². The number of rotatable bonds is 9. The lowest BCUT2D eigenvalue weighted by molar-refractivity contribution is -0.0685. The predicted molar refractivity (Wildman–Crippen MR) is 107 cm³/mol. The van der Waals surface area contributed by atoms with E-state index in [9.17, 15) is 4.79 Å². The van der Waals surface area contributed by atoms with E-state index >= 15 is 0 Å². The van der Waals surface area contributed by atoms with Gasteiger partial charge in [0.15, 0.2) is 5.78 Å². The van der Waals surface area contributed by atoms with Gasteiger partial charge in [0.25, 0.3) is 0 Å². The van der Waals surface area contributed by atoms with Crippen molar-refractivity contribution in [1.82, 2.24) is 0 Å². The fourth-order valence-corrected chi connectivity index (χ4v) is 3.95. The molecule has 0 aromatic heterocycles. The van der Waals surface area contributed by atoms with Gasteiger partial charge in [-0.25, -0.2) is 0 Å². The van der Waals surface area contributed by atoms with Crippen LogP contribution in [-0.2, 0) is 4.74 Å². The summed E-state index contributed by atoms with van der Waals surface area (Å²) in [5.41, 5.74) is 0.714. The summed E-state index contributed by atoms with van der Waals surface area (Å²) in [5.74, 6) is 2.74. The Morgan fingerprint density at radius 2 is 1.85 bits per heavy atom. The molecule has 146 valence electrons. The second-order valence-electron chi connectivity index (χ2n) is 8.13. The van der Waals surface area contributed by atoms with E-state index in [0.29, 0.717) is 36.3 Å². The van der Waals surface area contributed by atoms with Crippen molar-refractivity contribution in [3.05, 3.63) is 29.8 Å². The molecule has 1 aliphatic rings. The Balaban J connectivity index is 2.05. The van der Waals surface area contributed by atoms with Crippen molar-refractivity contribution in [2.24, 2.45) is 17.8 Å². The average Bonchev–Trinajstić information content (AvgIpc) is 2.64. The van der Waals surface area contributed by atoms with Crippen LogP contribution in [0.25, 0.3) is 0 Å². The lowest BCUT2D eigenvalue weighted by Gasteiger charge is -2.38. The molecule has 4 unspecified atom stereocenters. The summed E-state index contributed by atoms with van der Waals surface area (Å²) in [6, 6.07) is 7.50. The summed E-state index contributed by atoms with van der Waals surface area (Å²) in [6.45, 7) is 11.7. The third-order valence-corrected chi connectivity index (χ3v) is 5.58. The van der Waals surface area contributed by atoms with Crippen molar-refractivity contribution >= 4 is 5.78 Å². The molecule has 1 aliphatic carbocycles.